The van der Waals surface area contributed by atoms with Gasteiger partial charge in [-0.15, -0.1) is 0 Å². The van der Waals surface area contributed by atoms with Crippen LogP contribution in [0.4, 0.5) is 4.79 Å². The van der Waals surface area contributed by atoms with Gasteiger partial charge in [-0.3, -0.25) is 4.79 Å². The summed E-state index contributed by atoms with van der Waals surface area (Å²) in [6.07, 6.45) is 0.421. The van der Waals surface area contributed by atoms with E-state index in [4.69, 9.17) is 4.74 Å². The van der Waals surface area contributed by atoms with Crippen LogP contribution in [0.15, 0.2) is 54.6 Å². The highest BCUT2D eigenvalue weighted by Crippen LogP contribution is 2.20. The lowest BCUT2D eigenvalue weighted by Crippen LogP contribution is -2.37. The zero-order chi connectivity index (χ0) is 17.6. The fourth-order valence-electron chi connectivity index (χ4n) is 3.05. The summed E-state index contributed by atoms with van der Waals surface area (Å²) in [6, 6.07) is 17.8. The van der Waals surface area contributed by atoms with Gasteiger partial charge in [0.05, 0.1) is 7.11 Å². The first-order chi connectivity index (χ1) is 12.2. The van der Waals surface area contributed by atoms with Crippen LogP contribution in [0.3, 0.4) is 0 Å². The summed E-state index contributed by atoms with van der Waals surface area (Å²) < 4.78 is 4.76. The molecule has 0 radical (unpaired) electrons. The fraction of sp³-hybridized carbons (Fsp3) is 0.300. The molecule has 0 aromatic heterocycles. The Kier molecular flexibility index (Phi) is 5.33. The molecule has 3 rings (SSSR count). The summed E-state index contributed by atoms with van der Waals surface area (Å²) in [5, 5.41) is 0. The van der Waals surface area contributed by atoms with Crippen LogP contribution < -0.4 is 0 Å². The second-order valence-electron chi connectivity index (χ2n) is 6.05. The minimum absolute atomic E-state index is 0.00586. The van der Waals surface area contributed by atoms with Crippen molar-refractivity contribution in [2.75, 3.05) is 33.3 Å². The summed E-state index contributed by atoms with van der Waals surface area (Å²) in [5.74, 6) is 0.00586. The molecule has 2 aromatic rings. The number of hydrogen-bond acceptors (Lipinski definition) is 3. The third kappa shape index (κ3) is 3.99. The van der Waals surface area contributed by atoms with E-state index in [9.17, 15) is 9.59 Å². The van der Waals surface area contributed by atoms with Gasteiger partial charge in [0.15, 0.2) is 0 Å². The van der Waals surface area contributed by atoms with Crippen LogP contribution in [0.2, 0.25) is 0 Å². The number of rotatable bonds is 2. The maximum atomic E-state index is 12.7. The summed E-state index contributed by atoms with van der Waals surface area (Å²) in [5.41, 5.74) is 2.89. The quantitative estimate of drug-likeness (QED) is 0.844. The van der Waals surface area contributed by atoms with Crippen LogP contribution in [0.25, 0.3) is 11.1 Å². The number of amides is 2. The molecule has 0 saturated carbocycles. The zero-order valence-corrected chi connectivity index (χ0v) is 14.4. The van der Waals surface area contributed by atoms with E-state index in [0.717, 1.165) is 17.5 Å². The lowest BCUT2D eigenvalue weighted by Gasteiger charge is -2.21. The van der Waals surface area contributed by atoms with Crippen molar-refractivity contribution in [3.63, 3.8) is 0 Å². The van der Waals surface area contributed by atoms with Gasteiger partial charge in [0.25, 0.3) is 5.91 Å². The third-order valence-corrected chi connectivity index (χ3v) is 4.45. The lowest BCUT2D eigenvalue weighted by atomic mass is 10.0. The molecule has 2 aromatic carbocycles. The first-order valence-corrected chi connectivity index (χ1v) is 8.46. The van der Waals surface area contributed by atoms with Crippen LogP contribution in [0.5, 0.6) is 0 Å². The highest BCUT2D eigenvalue weighted by molar-refractivity contribution is 5.94. The number of nitrogens with zero attached hydrogens (tertiary/aromatic N) is 2. The van der Waals surface area contributed by atoms with E-state index in [1.54, 1.807) is 9.80 Å². The lowest BCUT2D eigenvalue weighted by molar-refractivity contribution is 0.0757. The molecule has 0 N–H and O–H groups in total. The van der Waals surface area contributed by atoms with Crippen LogP contribution >= 0.6 is 0 Å². The molecule has 0 atom stereocenters. The summed E-state index contributed by atoms with van der Waals surface area (Å²) >= 11 is 0. The van der Waals surface area contributed by atoms with Crippen molar-refractivity contribution in [2.45, 2.75) is 6.42 Å². The average molecular weight is 338 g/mol. The highest BCUT2D eigenvalue weighted by atomic mass is 16.5. The molecule has 0 spiro atoms. The van der Waals surface area contributed by atoms with Gasteiger partial charge in [0.2, 0.25) is 0 Å². The van der Waals surface area contributed by atoms with Gasteiger partial charge in [-0.05, 0) is 29.7 Å². The first kappa shape index (κ1) is 17.0. The van der Waals surface area contributed by atoms with E-state index < -0.39 is 0 Å². The standard InChI is InChI=1S/C20H22N2O3/c1-25-20(24)22-13-5-12-21(14-15-22)19(23)18-10-8-17(9-11-18)16-6-3-2-4-7-16/h2-4,6-11H,5,12-15H2,1H3. The maximum absolute atomic E-state index is 12.7. The topological polar surface area (TPSA) is 49.9 Å². The Morgan fingerprint density at radius 3 is 2.08 bits per heavy atom. The molecule has 1 aliphatic heterocycles. The monoisotopic (exact) mass is 338 g/mol. The van der Waals surface area contributed by atoms with Crippen molar-refractivity contribution in [2.24, 2.45) is 0 Å². The van der Waals surface area contributed by atoms with Gasteiger partial charge in [-0.25, -0.2) is 4.79 Å². The number of carbonyl (C=O) groups excluding carboxylic acids is 2. The van der Waals surface area contributed by atoms with Gasteiger partial charge in [-0.1, -0.05) is 42.5 Å². The van der Waals surface area contributed by atoms with Crippen molar-refractivity contribution >= 4 is 12.0 Å². The Hall–Kier alpha value is -2.82. The molecule has 1 fully saturated rings. The number of ether oxygens (including phenoxy) is 1. The second kappa shape index (κ2) is 7.83. The summed E-state index contributed by atoms with van der Waals surface area (Å²) in [4.78, 5) is 27.8. The van der Waals surface area contributed by atoms with Crippen molar-refractivity contribution in [3.8, 4) is 11.1 Å². The highest BCUT2D eigenvalue weighted by Gasteiger charge is 2.23. The van der Waals surface area contributed by atoms with Crippen LogP contribution in [-0.2, 0) is 4.74 Å². The minimum Gasteiger partial charge on any atom is -0.453 e. The van der Waals surface area contributed by atoms with Crippen molar-refractivity contribution in [1.82, 2.24) is 9.80 Å². The molecule has 0 unspecified atom stereocenters. The summed E-state index contributed by atoms with van der Waals surface area (Å²) in [6.45, 7) is 2.28. The van der Waals surface area contributed by atoms with Crippen LogP contribution in [0.1, 0.15) is 16.8 Å². The molecule has 0 aliphatic carbocycles. The zero-order valence-electron chi connectivity index (χ0n) is 14.4. The molecular weight excluding hydrogens is 316 g/mol. The second-order valence-corrected chi connectivity index (χ2v) is 6.05. The third-order valence-electron chi connectivity index (χ3n) is 4.45. The van der Waals surface area contributed by atoms with Crippen LogP contribution in [0, 0.1) is 0 Å². The molecule has 130 valence electrons. The molecule has 1 aliphatic rings. The van der Waals surface area contributed by atoms with Crippen molar-refractivity contribution < 1.29 is 14.3 Å². The molecule has 0 bridgehead atoms. The molecule has 5 nitrogen and oxygen atoms in total. The molecule has 1 heterocycles. The summed E-state index contributed by atoms with van der Waals surface area (Å²) in [7, 11) is 1.38. The Labute approximate surface area is 147 Å². The normalized spacial score (nSPS) is 14.8. The molecule has 2 amide bonds. The maximum Gasteiger partial charge on any atom is 0.409 e. The predicted octanol–water partition coefficient (Wildman–Crippen LogP) is 3.27. The Morgan fingerprint density at radius 2 is 1.40 bits per heavy atom. The van der Waals surface area contributed by atoms with E-state index in [1.165, 1.54) is 7.11 Å². The minimum atomic E-state index is -0.332. The van der Waals surface area contributed by atoms with Gasteiger partial charge in [0, 0.05) is 31.7 Å². The van der Waals surface area contributed by atoms with E-state index in [1.807, 2.05) is 54.6 Å². The number of benzene rings is 2. The molecular formula is C20H22N2O3. The van der Waals surface area contributed by atoms with E-state index in [-0.39, 0.29) is 12.0 Å². The van der Waals surface area contributed by atoms with Crippen LogP contribution in [-0.4, -0.2) is 55.1 Å². The van der Waals surface area contributed by atoms with Crippen molar-refractivity contribution in [1.29, 1.82) is 0 Å². The Balaban J connectivity index is 1.68. The van der Waals surface area contributed by atoms with Gasteiger partial charge in [-0.2, -0.15) is 0 Å². The van der Waals surface area contributed by atoms with Crippen molar-refractivity contribution in [3.05, 3.63) is 60.2 Å². The number of hydrogen-bond donors (Lipinski definition) is 0. The van der Waals surface area contributed by atoms with E-state index in [0.29, 0.717) is 31.7 Å². The fourth-order valence-corrected chi connectivity index (χ4v) is 3.05. The predicted molar refractivity (Wildman–Crippen MR) is 96.4 cm³/mol. The van der Waals surface area contributed by atoms with Gasteiger partial charge < -0.3 is 14.5 Å². The number of carbonyl (C=O) groups is 2. The Morgan fingerprint density at radius 1 is 0.800 bits per heavy atom. The molecule has 1 saturated heterocycles. The smallest absolute Gasteiger partial charge is 0.409 e. The molecule has 25 heavy (non-hydrogen) atoms. The van der Waals surface area contributed by atoms with Gasteiger partial charge >= 0.3 is 6.09 Å². The van der Waals surface area contributed by atoms with Gasteiger partial charge in [0.1, 0.15) is 0 Å². The largest absolute Gasteiger partial charge is 0.453 e. The SMILES string of the molecule is COC(=O)N1CCCN(C(=O)c2ccc(-c3ccccc3)cc2)CC1. The molecule has 5 heteroatoms. The van der Waals surface area contributed by atoms with E-state index >= 15 is 0 Å². The number of methoxy groups -OCH3 is 1. The first-order valence-electron chi connectivity index (χ1n) is 8.46. The Bertz CT molecular complexity index is 728. The average Bonchev–Trinajstić information content (AvgIpc) is 2.94. The van der Waals surface area contributed by atoms with E-state index in [2.05, 4.69) is 0 Å².